The maximum Gasteiger partial charge on any atom is 0.331 e. The third-order valence-electron chi connectivity index (χ3n) is 2.99. The van der Waals surface area contributed by atoms with Crippen molar-refractivity contribution < 1.29 is 14.7 Å². The summed E-state index contributed by atoms with van der Waals surface area (Å²) in [7, 11) is 1.64. The molecular formula is C14H17NO3. The van der Waals surface area contributed by atoms with Crippen molar-refractivity contribution in [1.82, 2.24) is 0 Å². The minimum Gasteiger partial charge on any atom is -0.478 e. The second-order valence-corrected chi connectivity index (χ2v) is 4.21. The Labute approximate surface area is 107 Å². The zero-order valence-corrected chi connectivity index (χ0v) is 11.0. The number of carbonyl (C=O) groups is 2. The van der Waals surface area contributed by atoms with Gasteiger partial charge < -0.3 is 10.0 Å². The van der Waals surface area contributed by atoms with Crippen molar-refractivity contribution in [2.45, 2.75) is 20.8 Å². The fraction of sp³-hybridized carbons (Fsp3) is 0.286. The van der Waals surface area contributed by atoms with Crippen LogP contribution >= 0.6 is 0 Å². The molecule has 0 aliphatic carbocycles. The monoisotopic (exact) mass is 247 g/mol. The van der Waals surface area contributed by atoms with E-state index < -0.39 is 5.97 Å². The van der Waals surface area contributed by atoms with Crippen molar-refractivity contribution in [1.29, 1.82) is 0 Å². The first-order chi connectivity index (χ1) is 8.36. The molecule has 0 fully saturated rings. The van der Waals surface area contributed by atoms with Crippen molar-refractivity contribution in [3.8, 4) is 0 Å². The summed E-state index contributed by atoms with van der Waals surface area (Å²) in [4.78, 5) is 24.5. The van der Waals surface area contributed by atoms with E-state index in [0.29, 0.717) is 0 Å². The summed E-state index contributed by atoms with van der Waals surface area (Å²) in [5, 5.41) is 8.88. The van der Waals surface area contributed by atoms with E-state index in [1.54, 1.807) is 7.05 Å². The number of para-hydroxylation sites is 1. The number of benzene rings is 1. The number of anilines is 1. The molecule has 1 aromatic carbocycles. The van der Waals surface area contributed by atoms with E-state index in [1.165, 1.54) is 18.7 Å². The van der Waals surface area contributed by atoms with E-state index in [1.807, 2.05) is 31.2 Å². The van der Waals surface area contributed by atoms with Crippen LogP contribution in [0.25, 0.3) is 0 Å². The van der Waals surface area contributed by atoms with E-state index in [9.17, 15) is 9.59 Å². The zero-order chi connectivity index (χ0) is 13.9. The summed E-state index contributed by atoms with van der Waals surface area (Å²) in [5.74, 6) is -1.37. The Morgan fingerprint density at radius 3 is 2.17 bits per heavy atom. The van der Waals surface area contributed by atoms with Gasteiger partial charge in [-0.3, -0.25) is 4.79 Å². The number of hydrogen-bond donors (Lipinski definition) is 1. The topological polar surface area (TPSA) is 57.6 Å². The Kier molecular flexibility index (Phi) is 4.26. The zero-order valence-electron chi connectivity index (χ0n) is 11.0. The average Bonchev–Trinajstić information content (AvgIpc) is 2.35. The van der Waals surface area contributed by atoms with Crippen molar-refractivity contribution in [3.05, 3.63) is 41.0 Å². The van der Waals surface area contributed by atoms with Gasteiger partial charge in [-0.05, 0) is 32.4 Å². The summed E-state index contributed by atoms with van der Waals surface area (Å²) in [5.41, 5.74) is 2.06. The molecule has 0 atom stereocenters. The van der Waals surface area contributed by atoms with Gasteiger partial charge in [-0.25, -0.2) is 4.79 Å². The molecule has 1 amide bonds. The maximum absolute atomic E-state index is 12.1. The molecule has 18 heavy (non-hydrogen) atoms. The number of aliphatic carboxylic acids is 1. The van der Waals surface area contributed by atoms with Crippen LogP contribution in [0, 0.1) is 6.92 Å². The third-order valence-corrected chi connectivity index (χ3v) is 2.99. The quantitative estimate of drug-likeness (QED) is 0.834. The SMILES string of the molecule is CC(C(=O)O)=C(C)C(=O)N(C)c1ccccc1C. The van der Waals surface area contributed by atoms with Crippen molar-refractivity contribution in [3.63, 3.8) is 0 Å². The van der Waals surface area contributed by atoms with E-state index in [0.717, 1.165) is 11.3 Å². The van der Waals surface area contributed by atoms with Crippen LogP contribution in [0.2, 0.25) is 0 Å². The van der Waals surface area contributed by atoms with Crippen LogP contribution in [0.15, 0.2) is 35.4 Å². The maximum atomic E-state index is 12.1. The smallest absolute Gasteiger partial charge is 0.331 e. The number of carboxylic acids is 1. The molecule has 0 bridgehead atoms. The standard InChI is InChI=1S/C14H17NO3/c1-9-7-5-6-8-12(9)15(4)13(16)10(2)11(3)14(17)18/h5-8H,1-4H3,(H,17,18). The second-order valence-electron chi connectivity index (χ2n) is 4.21. The number of carbonyl (C=O) groups excluding carboxylic acids is 1. The minimum absolute atomic E-state index is 0.0698. The fourth-order valence-corrected chi connectivity index (χ4v) is 1.62. The average molecular weight is 247 g/mol. The highest BCUT2D eigenvalue weighted by Crippen LogP contribution is 2.20. The third kappa shape index (κ3) is 2.77. The normalized spacial score (nSPS) is 11.8. The first-order valence-corrected chi connectivity index (χ1v) is 5.60. The molecule has 1 N–H and O–H groups in total. The van der Waals surface area contributed by atoms with Gasteiger partial charge in [0.25, 0.3) is 5.91 Å². The number of carboxylic acid groups (broad SMARTS) is 1. The highest BCUT2D eigenvalue weighted by atomic mass is 16.4. The fourth-order valence-electron chi connectivity index (χ4n) is 1.62. The molecule has 0 spiro atoms. The van der Waals surface area contributed by atoms with E-state index in [2.05, 4.69) is 0 Å². The Hall–Kier alpha value is -2.10. The van der Waals surface area contributed by atoms with Gasteiger partial charge in [0.2, 0.25) is 0 Å². The molecule has 96 valence electrons. The lowest BCUT2D eigenvalue weighted by molar-refractivity contribution is -0.133. The summed E-state index contributed by atoms with van der Waals surface area (Å²) in [6, 6.07) is 7.47. The minimum atomic E-state index is -1.07. The molecular weight excluding hydrogens is 230 g/mol. The van der Waals surface area contributed by atoms with Gasteiger partial charge in [0.15, 0.2) is 0 Å². The van der Waals surface area contributed by atoms with Crippen LogP contribution in [-0.4, -0.2) is 24.0 Å². The molecule has 0 saturated carbocycles. The molecule has 0 saturated heterocycles. The lowest BCUT2D eigenvalue weighted by Gasteiger charge is -2.20. The van der Waals surface area contributed by atoms with Crippen LogP contribution in [0.5, 0.6) is 0 Å². The molecule has 0 radical (unpaired) electrons. The molecule has 1 rings (SSSR count). The van der Waals surface area contributed by atoms with Gasteiger partial charge in [-0.15, -0.1) is 0 Å². The molecule has 1 aromatic rings. The second kappa shape index (κ2) is 5.49. The number of likely N-dealkylation sites (N-methyl/N-ethyl adjacent to an activating group) is 1. The van der Waals surface area contributed by atoms with Gasteiger partial charge in [0.1, 0.15) is 0 Å². The Bertz CT molecular complexity index is 518. The lowest BCUT2D eigenvalue weighted by Crippen LogP contribution is -2.28. The molecule has 0 aliphatic heterocycles. The predicted octanol–water partition coefficient (Wildman–Crippen LogP) is 2.38. The molecule has 0 unspecified atom stereocenters. The van der Waals surface area contributed by atoms with E-state index >= 15 is 0 Å². The van der Waals surface area contributed by atoms with Crippen molar-refractivity contribution in [2.24, 2.45) is 0 Å². The lowest BCUT2D eigenvalue weighted by atomic mass is 10.1. The Morgan fingerprint density at radius 2 is 1.67 bits per heavy atom. The van der Waals surface area contributed by atoms with E-state index in [-0.39, 0.29) is 17.1 Å². The predicted molar refractivity (Wildman–Crippen MR) is 70.6 cm³/mol. The summed E-state index contributed by atoms with van der Waals surface area (Å²) in [6.07, 6.45) is 0. The molecule has 0 heterocycles. The van der Waals surface area contributed by atoms with Crippen LogP contribution in [0.4, 0.5) is 5.69 Å². The van der Waals surface area contributed by atoms with E-state index in [4.69, 9.17) is 5.11 Å². The van der Waals surface area contributed by atoms with Gasteiger partial charge >= 0.3 is 5.97 Å². The summed E-state index contributed by atoms with van der Waals surface area (Å²) < 4.78 is 0. The highest BCUT2D eigenvalue weighted by molar-refractivity contribution is 6.09. The Balaban J connectivity index is 3.10. The van der Waals surface area contributed by atoms with Crippen LogP contribution < -0.4 is 4.90 Å². The van der Waals surface area contributed by atoms with Crippen LogP contribution in [0.1, 0.15) is 19.4 Å². The van der Waals surface area contributed by atoms with Gasteiger partial charge in [0.05, 0.1) is 0 Å². The summed E-state index contributed by atoms with van der Waals surface area (Å²) >= 11 is 0. The number of rotatable bonds is 3. The van der Waals surface area contributed by atoms with Crippen molar-refractivity contribution in [2.75, 3.05) is 11.9 Å². The largest absolute Gasteiger partial charge is 0.478 e. The number of nitrogens with zero attached hydrogens (tertiary/aromatic N) is 1. The van der Waals surface area contributed by atoms with Gasteiger partial charge in [-0.1, -0.05) is 18.2 Å². The number of hydrogen-bond acceptors (Lipinski definition) is 2. The molecule has 4 nitrogen and oxygen atoms in total. The first-order valence-electron chi connectivity index (χ1n) is 5.60. The highest BCUT2D eigenvalue weighted by Gasteiger charge is 2.18. The number of amides is 1. The van der Waals surface area contributed by atoms with Gasteiger partial charge in [-0.2, -0.15) is 0 Å². The van der Waals surface area contributed by atoms with Crippen LogP contribution in [0.3, 0.4) is 0 Å². The number of aryl methyl sites for hydroxylation is 1. The first kappa shape index (κ1) is 14.0. The summed E-state index contributed by atoms with van der Waals surface area (Å²) in [6.45, 7) is 4.87. The van der Waals surface area contributed by atoms with Crippen molar-refractivity contribution >= 4 is 17.6 Å². The van der Waals surface area contributed by atoms with Gasteiger partial charge in [0, 0.05) is 23.9 Å². The molecule has 0 aromatic heterocycles. The van der Waals surface area contributed by atoms with Crippen LogP contribution in [-0.2, 0) is 9.59 Å². The molecule has 0 aliphatic rings. The Morgan fingerprint density at radius 1 is 1.11 bits per heavy atom. The molecule has 4 heteroatoms.